The summed E-state index contributed by atoms with van der Waals surface area (Å²) in [5.74, 6) is 0. The Kier molecular flexibility index (Phi) is 4.13. The van der Waals surface area contributed by atoms with E-state index >= 15 is 0 Å². The molecule has 0 radical (unpaired) electrons. The molecule has 1 saturated heterocycles. The van der Waals surface area contributed by atoms with Crippen LogP contribution in [0.4, 0.5) is 0 Å². The van der Waals surface area contributed by atoms with Gasteiger partial charge in [0.25, 0.3) is 0 Å². The van der Waals surface area contributed by atoms with Gasteiger partial charge in [0.05, 0.1) is 5.69 Å². The average molecular weight is 233 g/mol. The molecular weight excluding hydrogens is 210 g/mol. The summed E-state index contributed by atoms with van der Waals surface area (Å²) in [6.45, 7) is 5.50. The Morgan fingerprint density at radius 2 is 2.35 bits per heavy atom. The van der Waals surface area contributed by atoms with Crippen molar-refractivity contribution in [2.45, 2.75) is 38.3 Å². The zero-order chi connectivity index (χ0) is 12.1. The highest BCUT2D eigenvalue weighted by Gasteiger charge is 2.32. The summed E-state index contributed by atoms with van der Waals surface area (Å²) in [4.78, 5) is 6.76. The normalized spacial score (nSPS) is 24.4. The van der Waals surface area contributed by atoms with Crippen molar-refractivity contribution >= 4 is 0 Å². The Hall–Kier alpha value is -0.930. The van der Waals surface area contributed by atoms with Gasteiger partial charge in [0.15, 0.2) is 0 Å². The van der Waals surface area contributed by atoms with E-state index in [1.807, 2.05) is 12.3 Å². The first-order chi connectivity index (χ1) is 8.24. The Morgan fingerprint density at radius 3 is 2.94 bits per heavy atom. The largest absolute Gasteiger partial charge is 0.310 e. The molecule has 0 spiro atoms. The van der Waals surface area contributed by atoms with E-state index in [2.05, 4.69) is 41.3 Å². The minimum absolute atomic E-state index is 0.337. The minimum Gasteiger partial charge on any atom is -0.310 e. The fourth-order valence-corrected chi connectivity index (χ4v) is 2.76. The molecular formula is C14H23N3. The molecule has 0 aromatic carbocycles. The van der Waals surface area contributed by atoms with Crippen LogP contribution in [0.1, 0.15) is 31.9 Å². The topological polar surface area (TPSA) is 28.2 Å². The molecule has 0 bridgehead atoms. The Morgan fingerprint density at radius 1 is 1.47 bits per heavy atom. The summed E-state index contributed by atoms with van der Waals surface area (Å²) in [7, 11) is 2.19. The molecule has 3 nitrogen and oxygen atoms in total. The van der Waals surface area contributed by atoms with Gasteiger partial charge in [0.1, 0.15) is 0 Å². The zero-order valence-electron chi connectivity index (χ0n) is 10.9. The van der Waals surface area contributed by atoms with Crippen LogP contribution in [0.2, 0.25) is 0 Å². The standard InChI is InChI=1S/C14H23N3/c1-3-14(8-6-10-16-14)12-17(2)11-13-7-4-5-9-15-13/h4-5,7,9,16H,3,6,8,10-12H2,1-2H3. The maximum atomic E-state index is 4.38. The molecule has 2 rings (SSSR count). The molecule has 1 aliphatic heterocycles. The molecule has 3 heteroatoms. The smallest absolute Gasteiger partial charge is 0.0543 e. The van der Waals surface area contributed by atoms with E-state index in [0.29, 0.717) is 5.54 Å². The SMILES string of the molecule is CCC1(CN(C)Cc2ccccn2)CCCN1. The lowest BCUT2D eigenvalue weighted by atomic mass is 9.93. The van der Waals surface area contributed by atoms with E-state index in [4.69, 9.17) is 0 Å². The monoisotopic (exact) mass is 233 g/mol. The van der Waals surface area contributed by atoms with Gasteiger partial charge in [-0.1, -0.05) is 13.0 Å². The van der Waals surface area contributed by atoms with Gasteiger partial charge in [-0.15, -0.1) is 0 Å². The molecule has 1 unspecified atom stereocenters. The lowest BCUT2D eigenvalue weighted by molar-refractivity contribution is 0.212. The molecule has 0 saturated carbocycles. The van der Waals surface area contributed by atoms with Crippen molar-refractivity contribution < 1.29 is 0 Å². The van der Waals surface area contributed by atoms with Gasteiger partial charge in [-0.3, -0.25) is 9.88 Å². The summed E-state index contributed by atoms with van der Waals surface area (Å²) in [6, 6.07) is 6.12. The number of pyridine rings is 1. The molecule has 1 aliphatic rings. The van der Waals surface area contributed by atoms with Crippen molar-refractivity contribution in [3.05, 3.63) is 30.1 Å². The molecule has 2 heterocycles. The van der Waals surface area contributed by atoms with Crippen LogP contribution in [0.3, 0.4) is 0 Å². The minimum atomic E-state index is 0.337. The number of likely N-dealkylation sites (N-methyl/N-ethyl adjacent to an activating group) is 1. The fraction of sp³-hybridized carbons (Fsp3) is 0.643. The van der Waals surface area contributed by atoms with E-state index in [9.17, 15) is 0 Å². The Labute approximate surface area is 104 Å². The summed E-state index contributed by atoms with van der Waals surface area (Å²) in [6.07, 6.45) is 5.69. The molecule has 17 heavy (non-hydrogen) atoms. The van der Waals surface area contributed by atoms with Gasteiger partial charge in [0, 0.05) is 24.8 Å². The molecule has 1 fully saturated rings. The van der Waals surface area contributed by atoms with E-state index in [1.54, 1.807) is 0 Å². The van der Waals surface area contributed by atoms with Gasteiger partial charge in [-0.2, -0.15) is 0 Å². The highest BCUT2D eigenvalue weighted by Crippen LogP contribution is 2.24. The van der Waals surface area contributed by atoms with Crippen molar-refractivity contribution in [3.63, 3.8) is 0 Å². The first kappa shape index (κ1) is 12.5. The van der Waals surface area contributed by atoms with E-state index < -0.39 is 0 Å². The summed E-state index contributed by atoms with van der Waals surface area (Å²) < 4.78 is 0. The van der Waals surface area contributed by atoms with Crippen LogP contribution in [0.15, 0.2) is 24.4 Å². The van der Waals surface area contributed by atoms with E-state index in [0.717, 1.165) is 18.8 Å². The first-order valence-corrected chi connectivity index (χ1v) is 6.58. The van der Waals surface area contributed by atoms with Crippen molar-refractivity contribution in [3.8, 4) is 0 Å². The van der Waals surface area contributed by atoms with Gasteiger partial charge >= 0.3 is 0 Å². The lowest BCUT2D eigenvalue weighted by Crippen LogP contribution is -2.48. The van der Waals surface area contributed by atoms with Crippen molar-refractivity contribution in [1.82, 2.24) is 15.2 Å². The number of aromatic nitrogens is 1. The lowest BCUT2D eigenvalue weighted by Gasteiger charge is -2.33. The summed E-state index contributed by atoms with van der Waals surface area (Å²) in [5, 5.41) is 3.67. The zero-order valence-corrected chi connectivity index (χ0v) is 10.9. The molecule has 1 aromatic heterocycles. The van der Waals surface area contributed by atoms with Crippen molar-refractivity contribution in [2.75, 3.05) is 20.1 Å². The van der Waals surface area contributed by atoms with Gasteiger partial charge < -0.3 is 5.32 Å². The van der Waals surface area contributed by atoms with Crippen molar-refractivity contribution in [1.29, 1.82) is 0 Å². The van der Waals surface area contributed by atoms with Gasteiger partial charge in [-0.25, -0.2) is 0 Å². The first-order valence-electron chi connectivity index (χ1n) is 6.58. The van der Waals surface area contributed by atoms with Crippen LogP contribution in [-0.2, 0) is 6.54 Å². The molecule has 1 atom stereocenters. The van der Waals surface area contributed by atoms with E-state index in [-0.39, 0.29) is 0 Å². The predicted molar refractivity (Wildman–Crippen MR) is 70.8 cm³/mol. The fourth-order valence-electron chi connectivity index (χ4n) is 2.76. The summed E-state index contributed by atoms with van der Waals surface area (Å²) >= 11 is 0. The number of rotatable bonds is 5. The van der Waals surface area contributed by atoms with E-state index in [1.165, 1.54) is 25.8 Å². The second-order valence-electron chi connectivity index (χ2n) is 5.16. The van der Waals surface area contributed by atoms with Gasteiger partial charge in [-0.05, 0) is 45.0 Å². The molecule has 1 aromatic rings. The molecule has 0 amide bonds. The molecule has 0 aliphatic carbocycles. The maximum absolute atomic E-state index is 4.38. The van der Waals surface area contributed by atoms with Crippen LogP contribution in [0.25, 0.3) is 0 Å². The number of nitrogens with zero attached hydrogens (tertiary/aromatic N) is 2. The Balaban J connectivity index is 1.90. The third-order valence-corrected chi connectivity index (χ3v) is 3.74. The Bertz CT molecular complexity index is 331. The maximum Gasteiger partial charge on any atom is 0.0543 e. The highest BCUT2D eigenvalue weighted by molar-refractivity contribution is 5.04. The van der Waals surface area contributed by atoms with Gasteiger partial charge in [0.2, 0.25) is 0 Å². The third kappa shape index (κ3) is 3.27. The van der Waals surface area contributed by atoms with Crippen molar-refractivity contribution in [2.24, 2.45) is 0 Å². The number of nitrogens with one attached hydrogen (secondary N) is 1. The van der Waals surface area contributed by atoms with Crippen LogP contribution in [-0.4, -0.2) is 35.6 Å². The highest BCUT2D eigenvalue weighted by atomic mass is 15.2. The number of hydrogen-bond donors (Lipinski definition) is 1. The summed E-state index contributed by atoms with van der Waals surface area (Å²) in [5.41, 5.74) is 1.49. The second kappa shape index (κ2) is 5.61. The molecule has 94 valence electrons. The van der Waals surface area contributed by atoms with Crippen LogP contribution in [0.5, 0.6) is 0 Å². The molecule has 1 N–H and O–H groups in total. The quantitative estimate of drug-likeness (QED) is 0.843. The predicted octanol–water partition coefficient (Wildman–Crippen LogP) is 2.05. The van der Waals surface area contributed by atoms with Crippen LogP contribution >= 0.6 is 0 Å². The van der Waals surface area contributed by atoms with Crippen LogP contribution in [0, 0.1) is 0 Å². The average Bonchev–Trinajstić information content (AvgIpc) is 2.79. The third-order valence-electron chi connectivity index (χ3n) is 3.74. The second-order valence-corrected chi connectivity index (χ2v) is 5.16. The van der Waals surface area contributed by atoms with Crippen LogP contribution < -0.4 is 5.32 Å². The number of hydrogen-bond acceptors (Lipinski definition) is 3.